The van der Waals surface area contributed by atoms with Gasteiger partial charge in [-0.2, -0.15) is 8.42 Å². The Kier molecular flexibility index (Phi) is 3.63. The molecular formula is C16H20F2O4S. The summed E-state index contributed by atoms with van der Waals surface area (Å²) in [5.74, 6) is -1.89. The van der Waals surface area contributed by atoms with Gasteiger partial charge in [-0.1, -0.05) is 13.8 Å². The molecule has 3 aliphatic rings. The molecule has 0 aromatic heterocycles. The van der Waals surface area contributed by atoms with E-state index in [1.165, 1.54) is 0 Å². The zero-order valence-corrected chi connectivity index (χ0v) is 14.0. The van der Waals surface area contributed by atoms with Gasteiger partial charge in [0, 0.05) is 6.07 Å². The van der Waals surface area contributed by atoms with E-state index in [4.69, 9.17) is 4.18 Å². The summed E-state index contributed by atoms with van der Waals surface area (Å²) >= 11 is 0. The van der Waals surface area contributed by atoms with Crippen LogP contribution in [-0.4, -0.2) is 25.2 Å². The molecule has 7 heteroatoms. The predicted molar refractivity (Wildman–Crippen MR) is 79.0 cm³/mol. The third-order valence-corrected chi connectivity index (χ3v) is 7.09. The van der Waals surface area contributed by atoms with Gasteiger partial charge < -0.3 is 5.11 Å². The molecule has 0 spiro atoms. The molecule has 3 fully saturated rings. The summed E-state index contributed by atoms with van der Waals surface area (Å²) in [7, 11) is -4.42. The number of rotatable bonds is 3. The Morgan fingerprint density at radius 1 is 1.22 bits per heavy atom. The molecule has 4 nitrogen and oxygen atoms in total. The number of fused-ring (bicyclic) bond motifs is 2. The number of aliphatic hydroxyl groups is 1. The van der Waals surface area contributed by atoms with E-state index in [1.807, 2.05) is 13.8 Å². The fourth-order valence-corrected chi connectivity index (χ4v) is 5.36. The van der Waals surface area contributed by atoms with Crippen molar-refractivity contribution in [3.05, 3.63) is 29.8 Å². The first kappa shape index (κ1) is 16.8. The minimum atomic E-state index is -4.42. The molecule has 2 unspecified atom stereocenters. The molecule has 4 rings (SSSR count). The fraction of sp³-hybridized carbons (Fsp3) is 0.625. The van der Waals surface area contributed by atoms with Crippen LogP contribution < -0.4 is 0 Å². The summed E-state index contributed by atoms with van der Waals surface area (Å²) in [5.41, 5.74) is -1.39. The Balaban J connectivity index is 1.87. The highest BCUT2D eigenvalue weighted by Crippen LogP contribution is 2.63. The summed E-state index contributed by atoms with van der Waals surface area (Å²) in [5, 5.41) is 10.8. The van der Waals surface area contributed by atoms with Crippen LogP contribution in [0.5, 0.6) is 0 Å². The average molecular weight is 346 g/mol. The van der Waals surface area contributed by atoms with Crippen LogP contribution in [0, 0.1) is 28.9 Å². The molecular weight excluding hydrogens is 326 g/mol. The molecule has 0 amide bonds. The number of halogens is 2. The van der Waals surface area contributed by atoms with Crippen molar-refractivity contribution in [1.29, 1.82) is 0 Å². The molecule has 1 N–H and O–H groups in total. The lowest BCUT2D eigenvalue weighted by Gasteiger charge is -2.64. The van der Waals surface area contributed by atoms with Gasteiger partial charge >= 0.3 is 0 Å². The molecule has 1 aromatic rings. The molecule has 3 saturated carbocycles. The Hall–Kier alpha value is -1.05. The normalized spacial score (nSPS) is 35.7. The number of hydrogen-bond donors (Lipinski definition) is 1. The van der Waals surface area contributed by atoms with Gasteiger partial charge in [-0.25, -0.2) is 8.78 Å². The zero-order valence-electron chi connectivity index (χ0n) is 13.2. The molecule has 1 aromatic carbocycles. The molecule has 2 bridgehead atoms. The molecule has 0 aliphatic heterocycles. The zero-order chi connectivity index (χ0) is 17.2. The van der Waals surface area contributed by atoms with E-state index in [9.17, 15) is 22.3 Å². The standard InChI is InChI=1S/C16H20F2O4S/c1-15(2)9-6-13(15)16(3,19)14(7-9)22-23(20,21)12-5-4-10(17)8-11(12)18/h4-5,8-9,13-14,19H,6-7H2,1-3H3/t9?,13?,14-,16+/m1/s1. The predicted octanol–water partition coefficient (Wildman–Crippen LogP) is 2.86. The van der Waals surface area contributed by atoms with Gasteiger partial charge in [-0.3, -0.25) is 4.18 Å². The SMILES string of the molecule is CC1(C)C2CC1[C@](C)(O)[C@H](OS(=O)(=O)c1ccc(F)cc1F)C2. The number of benzene rings is 1. The van der Waals surface area contributed by atoms with Crippen molar-refractivity contribution in [3.63, 3.8) is 0 Å². The largest absolute Gasteiger partial charge is 0.387 e. The van der Waals surface area contributed by atoms with Crippen LogP contribution in [0.25, 0.3) is 0 Å². The highest BCUT2D eigenvalue weighted by Gasteiger charge is 2.64. The maximum atomic E-state index is 13.7. The van der Waals surface area contributed by atoms with E-state index >= 15 is 0 Å². The molecule has 0 saturated heterocycles. The summed E-state index contributed by atoms with van der Waals surface area (Å²) in [6.45, 7) is 5.66. The van der Waals surface area contributed by atoms with Crippen LogP contribution in [0.15, 0.2) is 23.1 Å². The minimum Gasteiger partial charge on any atom is -0.387 e. The van der Waals surface area contributed by atoms with Gasteiger partial charge in [-0.15, -0.1) is 0 Å². The van der Waals surface area contributed by atoms with Crippen LogP contribution in [0.3, 0.4) is 0 Å². The Morgan fingerprint density at radius 3 is 2.39 bits per heavy atom. The first-order valence-corrected chi connectivity index (χ1v) is 8.98. The third-order valence-electron chi connectivity index (χ3n) is 5.73. The van der Waals surface area contributed by atoms with Crippen LogP contribution in [0.2, 0.25) is 0 Å². The van der Waals surface area contributed by atoms with E-state index in [0.29, 0.717) is 12.5 Å². The van der Waals surface area contributed by atoms with Gasteiger partial charge in [-0.05, 0) is 49.1 Å². The molecule has 23 heavy (non-hydrogen) atoms. The van der Waals surface area contributed by atoms with Gasteiger partial charge in [0.1, 0.15) is 22.6 Å². The maximum Gasteiger partial charge on any atom is 0.300 e. The summed E-state index contributed by atoms with van der Waals surface area (Å²) in [6, 6.07) is 2.19. The van der Waals surface area contributed by atoms with Crippen LogP contribution in [0.4, 0.5) is 8.78 Å². The monoisotopic (exact) mass is 346 g/mol. The highest BCUT2D eigenvalue weighted by molar-refractivity contribution is 7.86. The van der Waals surface area contributed by atoms with Crippen molar-refractivity contribution in [2.24, 2.45) is 17.3 Å². The van der Waals surface area contributed by atoms with Gasteiger partial charge in [0.2, 0.25) is 0 Å². The molecule has 4 atom stereocenters. The second kappa shape index (κ2) is 4.97. The van der Waals surface area contributed by atoms with E-state index in [1.54, 1.807) is 6.92 Å². The van der Waals surface area contributed by atoms with Crippen molar-refractivity contribution >= 4 is 10.1 Å². The van der Waals surface area contributed by atoms with Gasteiger partial charge in [0.15, 0.2) is 0 Å². The first-order chi connectivity index (χ1) is 10.5. The van der Waals surface area contributed by atoms with Crippen molar-refractivity contribution in [2.45, 2.75) is 50.2 Å². The molecule has 0 heterocycles. The van der Waals surface area contributed by atoms with Crippen molar-refractivity contribution in [3.8, 4) is 0 Å². The summed E-state index contributed by atoms with van der Waals surface area (Å²) in [4.78, 5) is -0.715. The van der Waals surface area contributed by atoms with Crippen LogP contribution in [-0.2, 0) is 14.3 Å². The Morgan fingerprint density at radius 2 is 1.87 bits per heavy atom. The smallest absolute Gasteiger partial charge is 0.300 e. The van der Waals surface area contributed by atoms with E-state index in [2.05, 4.69) is 0 Å². The lowest BCUT2D eigenvalue weighted by Crippen LogP contribution is -2.67. The fourth-order valence-electron chi connectivity index (χ4n) is 4.15. The Labute approximate surface area is 134 Å². The Bertz CT molecular complexity index is 742. The van der Waals surface area contributed by atoms with E-state index < -0.39 is 38.4 Å². The summed E-state index contributed by atoms with van der Waals surface area (Å²) < 4.78 is 56.5. The highest BCUT2D eigenvalue weighted by atomic mass is 32.2. The van der Waals surface area contributed by atoms with Crippen LogP contribution >= 0.6 is 0 Å². The van der Waals surface area contributed by atoms with Crippen LogP contribution in [0.1, 0.15) is 33.6 Å². The second-order valence-electron chi connectivity index (χ2n) is 7.38. The van der Waals surface area contributed by atoms with Crippen molar-refractivity contribution in [1.82, 2.24) is 0 Å². The number of hydrogen-bond acceptors (Lipinski definition) is 4. The van der Waals surface area contributed by atoms with Crippen molar-refractivity contribution < 1.29 is 26.5 Å². The lowest BCUT2D eigenvalue weighted by atomic mass is 9.43. The first-order valence-electron chi connectivity index (χ1n) is 7.57. The minimum absolute atomic E-state index is 0.0752. The second-order valence-corrected chi connectivity index (χ2v) is 8.92. The summed E-state index contributed by atoms with van der Waals surface area (Å²) in [6.07, 6.45) is 0.275. The molecule has 0 radical (unpaired) electrons. The topological polar surface area (TPSA) is 63.6 Å². The molecule has 3 aliphatic carbocycles. The maximum absolute atomic E-state index is 13.7. The lowest BCUT2D eigenvalue weighted by molar-refractivity contribution is -0.237. The van der Waals surface area contributed by atoms with Crippen molar-refractivity contribution in [2.75, 3.05) is 0 Å². The quantitative estimate of drug-likeness (QED) is 0.855. The molecule has 128 valence electrons. The van der Waals surface area contributed by atoms with E-state index in [-0.39, 0.29) is 17.3 Å². The van der Waals surface area contributed by atoms with Gasteiger partial charge in [0.05, 0.1) is 5.60 Å². The van der Waals surface area contributed by atoms with E-state index in [0.717, 1.165) is 18.6 Å². The average Bonchev–Trinajstić information content (AvgIpc) is 2.39. The third kappa shape index (κ3) is 2.49. The van der Waals surface area contributed by atoms with Gasteiger partial charge in [0.25, 0.3) is 10.1 Å².